The van der Waals surface area contributed by atoms with E-state index in [1.165, 1.54) is 5.56 Å². The van der Waals surface area contributed by atoms with E-state index in [1.54, 1.807) is 17.4 Å². The van der Waals surface area contributed by atoms with Crippen molar-refractivity contribution in [2.75, 3.05) is 26.2 Å². The minimum Gasteiger partial charge on any atom is -0.447 e. The molecule has 3 aromatic rings. The molecule has 9 nitrogen and oxygen atoms in total. The first-order valence-electron chi connectivity index (χ1n) is 14.4. The van der Waals surface area contributed by atoms with Gasteiger partial charge >= 0.3 is 6.09 Å². The first-order chi connectivity index (χ1) is 20.0. The lowest BCUT2D eigenvalue weighted by atomic mass is 9.95. The molecule has 224 valence electrons. The second-order valence-corrected chi connectivity index (χ2v) is 13.3. The Morgan fingerprint density at radius 2 is 1.98 bits per heavy atom. The predicted molar refractivity (Wildman–Crippen MR) is 165 cm³/mol. The Labute approximate surface area is 260 Å². The number of pyridine rings is 1. The Balaban J connectivity index is 1.42. The van der Waals surface area contributed by atoms with Crippen molar-refractivity contribution in [3.63, 3.8) is 0 Å². The number of benzene rings is 1. The third-order valence-corrected chi connectivity index (χ3v) is 8.85. The minimum atomic E-state index is -0.723. The molecule has 1 fully saturated rings. The number of carbonyl (C=O) groups is 2. The highest BCUT2D eigenvalue weighted by molar-refractivity contribution is 9.10. The Hall–Kier alpha value is -2.95. The van der Waals surface area contributed by atoms with Crippen molar-refractivity contribution < 1.29 is 14.3 Å². The Bertz CT molecular complexity index is 1380. The number of aromatic nitrogens is 3. The maximum absolute atomic E-state index is 13.8. The van der Waals surface area contributed by atoms with E-state index in [2.05, 4.69) is 57.1 Å². The average molecular weight is 658 g/mol. The van der Waals surface area contributed by atoms with E-state index in [4.69, 9.17) is 21.3 Å². The van der Waals surface area contributed by atoms with Gasteiger partial charge in [-0.3, -0.25) is 19.6 Å². The molecule has 0 unspecified atom stereocenters. The highest BCUT2D eigenvalue weighted by Crippen LogP contribution is 2.38. The van der Waals surface area contributed by atoms with Crippen LogP contribution in [-0.4, -0.2) is 74.7 Å². The van der Waals surface area contributed by atoms with Gasteiger partial charge in [-0.2, -0.15) is 0 Å². The van der Waals surface area contributed by atoms with Crippen LogP contribution in [0.5, 0.6) is 0 Å². The van der Waals surface area contributed by atoms with E-state index in [0.717, 1.165) is 34.1 Å². The van der Waals surface area contributed by atoms with E-state index in [0.29, 0.717) is 37.6 Å². The van der Waals surface area contributed by atoms with Crippen LogP contribution in [0.25, 0.3) is 0 Å². The lowest BCUT2D eigenvalue weighted by Gasteiger charge is -2.43. The molecule has 1 N–H and O–H groups in total. The first-order valence-corrected chi connectivity index (χ1v) is 15.6. The summed E-state index contributed by atoms with van der Waals surface area (Å²) in [5, 5.41) is 3.81. The van der Waals surface area contributed by atoms with Crippen molar-refractivity contribution in [3.8, 4) is 0 Å². The van der Waals surface area contributed by atoms with Crippen molar-refractivity contribution in [2.24, 2.45) is 0 Å². The Morgan fingerprint density at radius 3 is 2.71 bits per heavy atom. The fourth-order valence-electron chi connectivity index (χ4n) is 5.89. The Kier molecular flexibility index (Phi) is 9.25. The van der Waals surface area contributed by atoms with Gasteiger partial charge in [0.25, 0.3) is 0 Å². The van der Waals surface area contributed by atoms with E-state index in [1.807, 2.05) is 42.9 Å². The number of nitrogens with zero attached hydrogens (tertiary/aromatic N) is 5. The summed E-state index contributed by atoms with van der Waals surface area (Å²) in [4.78, 5) is 39.9. The van der Waals surface area contributed by atoms with E-state index >= 15 is 0 Å². The normalized spacial score (nSPS) is 19.2. The molecular formula is C31H38BrClN6O3. The number of halogens is 2. The molecule has 0 spiro atoms. The van der Waals surface area contributed by atoms with Crippen LogP contribution >= 0.6 is 27.5 Å². The van der Waals surface area contributed by atoms with Gasteiger partial charge in [-0.05, 0) is 97.8 Å². The molecule has 2 aliphatic rings. The average Bonchev–Trinajstić information content (AvgIpc) is 3.45. The van der Waals surface area contributed by atoms with Crippen molar-refractivity contribution in [1.29, 1.82) is 0 Å². The van der Waals surface area contributed by atoms with Gasteiger partial charge in [-0.15, -0.1) is 0 Å². The van der Waals surface area contributed by atoms with E-state index in [9.17, 15) is 9.59 Å². The van der Waals surface area contributed by atoms with Crippen LogP contribution in [0.4, 0.5) is 4.79 Å². The molecule has 1 aromatic carbocycles. The zero-order chi connectivity index (χ0) is 30.0. The summed E-state index contributed by atoms with van der Waals surface area (Å²) in [6.07, 6.45) is 8.90. The number of aryl methyl sites for hydroxylation is 2. The smallest absolute Gasteiger partial charge is 0.410 e. The van der Waals surface area contributed by atoms with Gasteiger partial charge in [-0.25, -0.2) is 9.78 Å². The molecule has 42 heavy (non-hydrogen) atoms. The summed E-state index contributed by atoms with van der Waals surface area (Å²) in [5.41, 5.74) is 4.20. The van der Waals surface area contributed by atoms with Crippen LogP contribution in [0.3, 0.4) is 0 Å². The fraction of sp³-hybridized carbons (Fsp3) is 0.484. The number of ether oxygens (including phenoxy) is 1. The number of carbonyl (C=O) groups excluding carboxylic acids is 2. The molecule has 2 atom stereocenters. The predicted octanol–water partition coefficient (Wildman–Crippen LogP) is 5.35. The van der Waals surface area contributed by atoms with Crippen LogP contribution in [0.2, 0.25) is 5.02 Å². The molecule has 11 heteroatoms. The first kappa shape index (κ1) is 30.5. The number of imidazole rings is 1. The van der Waals surface area contributed by atoms with Crippen molar-refractivity contribution >= 4 is 39.5 Å². The number of nitrogens with one attached hydrogen (secondary N) is 1. The van der Waals surface area contributed by atoms with Crippen molar-refractivity contribution in [2.45, 2.75) is 70.7 Å². The van der Waals surface area contributed by atoms with Crippen molar-refractivity contribution in [1.82, 2.24) is 29.7 Å². The molecule has 0 bridgehead atoms. The van der Waals surface area contributed by atoms with Gasteiger partial charge in [0.15, 0.2) is 0 Å². The summed E-state index contributed by atoms with van der Waals surface area (Å²) in [5.74, 6) is -0.198. The second-order valence-electron chi connectivity index (χ2n) is 11.9. The van der Waals surface area contributed by atoms with Crippen molar-refractivity contribution in [3.05, 3.63) is 81.1 Å². The molecule has 2 amide bonds. The maximum Gasteiger partial charge on any atom is 0.410 e. The number of hydrogen-bond acceptors (Lipinski definition) is 6. The Morgan fingerprint density at radius 1 is 1.19 bits per heavy atom. The van der Waals surface area contributed by atoms with E-state index < -0.39 is 12.1 Å². The summed E-state index contributed by atoms with van der Waals surface area (Å²) < 4.78 is 8.53. The van der Waals surface area contributed by atoms with E-state index in [-0.39, 0.29) is 23.6 Å². The van der Waals surface area contributed by atoms with Gasteiger partial charge in [0.1, 0.15) is 6.04 Å². The molecule has 1 saturated heterocycles. The molecule has 0 saturated carbocycles. The topological polar surface area (TPSA) is 92.6 Å². The monoisotopic (exact) mass is 656 g/mol. The third-order valence-electron chi connectivity index (χ3n) is 8.18. The molecule has 1 aliphatic heterocycles. The highest BCUT2D eigenvalue weighted by Gasteiger charge is 2.41. The van der Waals surface area contributed by atoms with Gasteiger partial charge in [0.05, 0.1) is 24.2 Å². The number of hydrogen-bond donors (Lipinski definition) is 1. The zero-order valence-corrected chi connectivity index (χ0v) is 26.9. The molecule has 2 aromatic heterocycles. The SMILES string of the molecule is CC(C)OC(=O)N1CCN([C@H]2c3ccc(Cl)cc3CCc3cc(Br)cnc32)C[C@@H]1C(=O)NCCC(C)(C)n1ccnc1. The maximum atomic E-state index is 13.8. The van der Waals surface area contributed by atoms with Gasteiger partial charge in [0.2, 0.25) is 5.91 Å². The summed E-state index contributed by atoms with van der Waals surface area (Å²) in [6.45, 7) is 9.56. The second kappa shape index (κ2) is 12.7. The molecule has 5 rings (SSSR count). The molecule has 3 heterocycles. The lowest BCUT2D eigenvalue weighted by Crippen LogP contribution is -2.61. The summed E-state index contributed by atoms with van der Waals surface area (Å²) in [6, 6.07) is 7.26. The largest absolute Gasteiger partial charge is 0.447 e. The summed E-state index contributed by atoms with van der Waals surface area (Å²) >= 11 is 10.0. The minimum absolute atomic E-state index is 0.179. The van der Waals surface area contributed by atoms with Crippen LogP contribution < -0.4 is 5.32 Å². The van der Waals surface area contributed by atoms with Crippen LogP contribution in [-0.2, 0) is 27.9 Å². The highest BCUT2D eigenvalue weighted by atomic mass is 79.9. The van der Waals surface area contributed by atoms with Gasteiger partial charge in [0, 0.05) is 59.8 Å². The quantitative estimate of drug-likeness (QED) is 0.368. The van der Waals surface area contributed by atoms with Crippen LogP contribution in [0, 0.1) is 0 Å². The number of amides is 2. The number of rotatable bonds is 7. The van der Waals surface area contributed by atoms with Crippen LogP contribution in [0.15, 0.2) is 53.7 Å². The summed E-state index contributed by atoms with van der Waals surface area (Å²) in [7, 11) is 0. The molecule has 0 radical (unpaired) electrons. The van der Waals surface area contributed by atoms with Gasteiger partial charge in [-0.1, -0.05) is 17.7 Å². The van der Waals surface area contributed by atoms with Crippen LogP contribution in [0.1, 0.15) is 62.5 Å². The standard InChI is InChI=1S/C31H38BrClN6O3/c1-20(2)42-30(41)39-14-13-37(18-26(39)29(40)35-10-9-31(3,4)38-12-11-34-19-38)28-25-8-7-24(33)16-21(25)5-6-22-15-23(32)17-36-27(22)28/h7-8,11-12,15-17,19-20,26,28H,5-6,9-10,13-14,18H2,1-4H3,(H,35,40)/t26-,28+/m1/s1. The molecule has 1 aliphatic carbocycles. The zero-order valence-electron chi connectivity index (χ0n) is 24.5. The lowest BCUT2D eigenvalue weighted by molar-refractivity contribution is -0.128. The third kappa shape index (κ3) is 6.66. The number of fused-ring (bicyclic) bond motifs is 2. The molecular weight excluding hydrogens is 620 g/mol. The number of piperazine rings is 1. The van der Waals surface area contributed by atoms with Gasteiger partial charge < -0.3 is 14.6 Å². The fourth-order valence-corrected chi connectivity index (χ4v) is 6.46.